The molecule has 0 amide bonds. The van der Waals surface area contributed by atoms with Crippen molar-refractivity contribution in [3.8, 4) is 0 Å². The second kappa shape index (κ2) is 1.97. The Balaban J connectivity index is 2.19. The molecular formula is C8H12O3. The summed E-state index contributed by atoms with van der Waals surface area (Å²) in [5.41, 5.74) is -0.351. The molecule has 2 rings (SSSR count). The molecule has 3 heteroatoms. The minimum absolute atomic E-state index is 0.107. The van der Waals surface area contributed by atoms with Gasteiger partial charge in [-0.2, -0.15) is 0 Å². The SMILES string of the molecule is C[C@]12C[C@@H](O)C[C@H]1CC(=O)O2. The maximum Gasteiger partial charge on any atom is 0.306 e. The maximum absolute atomic E-state index is 10.9. The van der Waals surface area contributed by atoms with Gasteiger partial charge in [-0.1, -0.05) is 0 Å². The molecule has 0 bridgehead atoms. The van der Waals surface area contributed by atoms with Crippen molar-refractivity contribution in [2.24, 2.45) is 5.92 Å². The van der Waals surface area contributed by atoms with Gasteiger partial charge in [0, 0.05) is 12.3 Å². The van der Waals surface area contributed by atoms with E-state index in [0.29, 0.717) is 12.8 Å². The number of carbonyl (C=O) groups is 1. The Bertz CT molecular complexity index is 202. The van der Waals surface area contributed by atoms with Crippen LogP contribution in [0.15, 0.2) is 0 Å². The number of fused-ring (bicyclic) bond motifs is 1. The monoisotopic (exact) mass is 156 g/mol. The third-order valence-electron chi connectivity index (χ3n) is 2.82. The van der Waals surface area contributed by atoms with Crippen molar-refractivity contribution in [1.29, 1.82) is 0 Å². The summed E-state index contributed by atoms with van der Waals surface area (Å²) >= 11 is 0. The highest BCUT2D eigenvalue weighted by atomic mass is 16.6. The molecule has 1 saturated carbocycles. The first-order valence-electron chi connectivity index (χ1n) is 4.00. The highest BCUT2D eigenvalue weighted by molar-refractivity contribution is 5.73. The van der Waals surface area contributed by atoms with Crippen molar-refractivity contribution in [3.63, 3.8) is 0 Å². The molecule has 0 aromatic heterocycles. The van der Waals surface area contributed by atoms with Crippen LogP contribution in [0.5, 0.6) is 0 Å². The average molecular weight is 156 g/mol. The Labute approximate surface area is 65.4 Å². The zero-order chi connectivity index (χ0) is 8.06. The number of hydrogen-bond donors (Lipinski definition) is 1. The molecule has 0 radical (unpaired) electrons. The lowest BCUT2D eigenvalue weighted by molar-refractivity contribution is -0.148. The fraction of sp³-hybridized carbons (Fsp3) is 0.875. The topological polar surface area (TPSA) is 46.5 Å². The molecule has 0 aromatic carbocycles. The highest BCUT2D eigenvalue weighted by Gasteiger charge is 2.51. The van der Waals surface area contributed by atoms with Crippen LogP contribution >= 0.6 is 0 Å². The van der Waals surface area contributed by atoms with Crippen LogP contribution in [0, 0.1) is 5.92 Å². The first-order chi connectivity index (χ1) is 5.10. The molecule has 0 unspecified atom stereocenters. The van der Waals surface area contributed by atoms with Crippen LogP contribution in [0.4, 0.5) is 0 Å². The maximum atomic E-state index is 10.9. The summed E-state index contributed by atoms with van der Waals surface area (Å²) in [5.74, 6) is 0.148. The molecule has 1 heterocycles. The first kappa shape index (κ1) is 7.10. The number of carbonyl (C=O) groups excluding carboxylic acids is 1. The molecule has 1 aliphatic heterocycles. The summed E-state index contributed by atoms with van der Waals surface area (Å²) in [6, 6.07) is 0. The summed E-state index contributed by atoms with van der Waals surface area (Å²) < 4.78 is 5.14. The summed E-state index contributed by atoms with van der Waals surface area (Å²) in [5, 5.41) is 9.30. The van der Waals surface area contributed by atoms with E-state index in [1.54, 1.807) is 0 Å². The van der Waals surface area contributed by atoms with E-state index in [9.17, 15) is 9.90 Å². The number of aliphatic hydroxyl groups is 1. The van der Waals surface area contributed by atoms with Gasteiger partial charge >= 0.3 is 5.97 Å². The van der Waals surface area contributed by atoms with E-state index in [0.717, 1.165) is 6.42 Å². The minimum atomic E-state index is -0.351. The van der Waals surface area contributed by atoms with Crippen LogP contribution < -0.4 is 0 Å². The highest BCUT2D eigenvalue weighted by Crippen LogP contribution is 2.45. The van der Waals surface area contributed by atoms with Gasteiger partial charge in [0.05, 0.1) is 12.5 Å². The molecule has 0 aromatic rings. The summed E-state index contributed by atoms with van der Waals surface area (Å²) in [6.07, 6.45) is 1.57. The van der Waals surface area contributed by atoms with Gasteiger partial charge in [0.1, 0.15) is 5.60 Å². The molecule has 1 aliphatic carbocycles. The Hall–Kier alpha value is -0.570. The van der Waals surface area contributed by atoms with Gasteiger partial charge in [-0.15, -0.1) is 0 Å². The Morgan fingerprint density at radius 3 is 3.09 bits per heavy atom. The molecule has 62 valence electrons. The molecule has 3 nitrogen and oxygen atoms in total. The lowest BCUT2D eigenvalue weighted by Gasteiger charge is -2.20. The van der Waals surface area contributed by atoms with E-state index in [4.69, 9.17) is 4.74 Å². The average Bonchev–Trinajstić information content (AvgIpc) is 2.16. The van der Waals surface area contributed by atoms with Gasteiger partial charge in [-0.05, 0) is 13.3 Å². The van der Waals surface area contributed by atoms with Crippen molar-refractivity contribution in [3.05, 3.63) is 0 Å². The lowest BCUT2D eigenvalue weighted by Crippen LogP contribution is -2.26. The quantitative estimate of drug-likeness (QED) is 0.518. The summed E-state index contributed by atoms with van der Waals surface area (Å²) in [7, 11) is 0. The molecule has 0 spiro atoms. The van der Waals surface area contributed by atoms with Crippen LogP contribution in [0.25, 0.3) is 0 Å². The largest absolute Gasteiger partial charge is 0.459 e. The van der Waals surface area contributed by atoms with E-state index in [-0.39, 0.29) is 23.6 Å². The fourth-order valence-electron chi connectivity index (χ4n) is 2.22. The molecule has 1 N–H and O–H groups in total. The van der Waals surface area contributed by atoms with Crippen molar-refractivity contribution in [2.75, 3.05) is 0 Å². The zero-order valence-electron chi connectivity index (χ0n) is 6.54. The van der Waals surface area contributed by atoms with Crippen molar-refractivity contribution < 1.29 is 14.6 Å². The number of hydrogen-bond acceptors (Lipinski definition) is 3. The van der Waals surface area contributed by atoms with Gasteiger partial charge in [0.2, 0.25) is 0 Å². The molecule has 2 fully saturated rings. The molecule has 2 aliphatic rings. The third kappa shape index (κ3) is 0.948. The van der Waals surface area contributed by atoms with E-state index < -0.39 is 0 Å². The summed E-state index contributed by atoms with van der Waals surface area (Å²) in [6.45, 7) is 1.92. The molecule has 3 atom stereocenters. The fourth-order valence-corrected chi connectivity index (χ4v) is 2.22. The normalized spacial score (nSPS) is 49.1. The molecule has 1 saturated heterocycles. The van der Waals surface area contributed by atoms with E-state index >= 15 is 0 Å². The lowest BCUT2D eigenvalue weighted by atomic mass is 9.93. The second-order valence-electron chi connectivity index (χ2n) is 3.78. The molecular weight excluding hydrogens is 144 g/mol. The molecule has 11 heavy (non-hydrogen) atoms. The second-order valence-corrected chi connectivity index (χ2v) is 3.78. The van der Waals surface area contributed by atoms with Crippen molar-refractivity contribution in [1.82, 2.24) is 0 Å². The number of esters is 1. The van der Waals surface area contributed by atoms with Gasteiger partial charge in [0.25, 0.3) is 0 Å². The van der Waals surface area contributed by atoms with Crippen LogP contribution in [0.3, 0.4) is 0 Å². The van der Waals surface area contributed by atoms with Crippen molar-refractivity contribution in [2.45, 2.75) is 37.9 Å². The van der Waals surface area contributed by atoms with Crippen LogP contribution in [0.2, 0.25) is 0 Å². The Morgan fingerprint density at radius 2 is 2.45 bits per heavy atom. The van der Waals surface area contributed by atoms with E-state index in [1.807, 2.05) is 6.92 Å². The Morgan fingerprint density at radius 1 is 1.73 bits per heavy atom. The number of aliphatic hydroxyl groups excluding tert-OH is 1. The predicted molar refractivity (Wildman–Crippen MR) is 37.8 cm³/mol. The van der Waals surface area contributed by atoms with E-state index in [2.05, 4.69) is 0 Å². The number of ether oxygens (including phenoxy) is 1. The van der Waals surface area contributed by atoms with Gasteiger partial charge in [-0.25, -0.2) is 0 Å². The van der Waals surface area contributed by atoms with Crippen LogP contribution in [-0.4, -0.2) is 22.8 Å². The first-order valence-corrected chi connectivity index (χ1v) is 4.00. The van der Waals surface area contributed by atoms with E-state index in [1.165, 1.54) is 0 Å². The smallest absolute Gasteiger partial charge is 0.306 e. The minimum Gasteiger partial charge on any atom is -0.459 e. The van der Waals surface area contributed by atoms with Crippen molar-refractivity contribution >= 4 is 5.97 Å². The summed E-state index contributed by atoms with van der Waals surface area (Å²) in [4.78, 5) is 10.9. The zero-order valence-corrected chi connectivity index (χ0v) is 6.54. The number of rotatable bonds is 0. The van der Waals surface area contributed by atoms with Gasteiger partial charge in [0.15, 0.2) is 0 Å². The van der Waals surface area contributed by atoms with Gasteiger partial charge in [-0.3, -0.25) is 4.79 Å². The predicted octanol–water partition coefficient (Wildman–Crippen LogP) is 0.463. The third-order valence-corrected chi connectivity index (χ3v) is 2.82. The standard InChI is InChI=1S/C8H12O3/c1-8-4-6(9)2-5(8)3-7(10)11-8/h5-6,9H,2-4H2,1H3/t5-,6-,8-/m0/s1. The van der Waals surface area contributed by atoms with Crippen LogP contribution in [0.1, 0.15) is 26.2 Å². The van der Waals surface area contributed by atoms with Crippen LogP contribution in [-0.2, 0) is 9.53 Å². The van der Waals surface area contributed by atoms with Gasteiger partial charge < -0.3 is 9.84 Å². The Kier molecular flexibility index (Phi) is 1.27.